The minimum Gasteiger partial charge on any atom is -0.303 e. The molecule has 2 fully saturated rings. The lowest BCUT2D eigenvalue weighted by molar-refractivity contribution is 0.0774. The molecule has 0 N–H and O–H groups in total. The van der Waals surface area contributed by atoms with Gasteiger partial charge in [-0.05, 0) is 38.1 Å². The quantitative estimate of drug-likeness (QED) is 0.553. The zero-order chi connectivity index (χ0) is 11.4. The first-order valence-electron chi connectivity index (χ1n) is 7.02. The molecule has 16 heavy (non-hydrogen) atoms. The van der Waals surface area contributed by atoms with Crippen molar-refractivity contribution < 1.29 is 0 Å². The van der Waals surface area contributed by atoms with Crippen LogP contribution in [-0.2, 0) is 0 Å². The highest BCUT2D eigenvalue weighted by atomic mass is 79.9. The molecule has 0 amide bonds. The van der Waals surface area contributed by atoms with Gasteiger partial charge in [0, 0.05) is 17.9 Å². The average molecular weight is 288 g/mol. The minimum atomic E-state index is 0.626. The van der Waals surface area contributed by atoms with Gasteiger partial charge in [-0.25, -0.2) is 0 Å². The Morgan fingerprint density at radius 1 is 1.06 bits per heavy atom. The van der Waals surface area contributed by atoms with Gasteiger partial charge in [-0.2, -0.15) is 0 Å². The number of hydrogen-bond acceptors (Lipinski definition) is 1. The molecular weight excluding hydrogens is 262 g/mol. The smallest absolute Gasteiger partial charge is 0.0100 e. The average Bonchev–Trinajstić information content (AvgIpc) is 2.51. The van der Waals surface area contributed by atoms with E-state index in [1.807, 2.05) is 0 Å². The fourth-order valence-electron chi connectivity index (χ4n) is 3.37. The third-order valence-corrected chi connectivity index (χ3v) is 5.92. The van der Waals surface area contributed by atoms with E-state index < -0.39 is 0 Å². The first-order valence-corrected chi connectivity index (χ1v) is 8.14. The predicted octanol–water partition coefficient (Wildman–Crippen LogP) is 4.21. The van der Waals surface area contributed by atoms with E-state index in [-0.39, 0.29) is 0 Å². The molecule has 0 aromatic rings. The zero-order valence-electron chi connectivity index (χ0n) is 10.7. The highest BCUT2D eigenvalue weighted by Crippen LogP contribution is 2.43. The molecule has 0 radical (unpaired) electrons. The molecule has 0 atom stereocenters. The molecule has 0 saturated heterocycles. The van der Waals surface area contributed by atoms with E-state index in [4.69, 9.17) is 0 Å². The van der Waals surface area contributed by atoms with Crippen molar-refractivity contribution in [2.24, 2.45) is 5.41 Å². The summed E-state index contributed by atoms with van der Waals surface area (Å²) in [5.74, 6) is 0. The van der Waals surface area contributed by atoms with Crippen molar-refractivity contribution in [1.82, 2.24) is 4.90 Å². The Hall–Kier alpha value is 0.440. The van der Waals surface area contributed by atoms with E-state index in [9.17, 15) is 0 Å². The molecule has 2 aliphatic rings. The topological polar surface area (TPSA) is 3.24 Å². The van der Waals surface area contributed by atoms with E-state index in [1.54, 1.807) is 0 Å². The van der Waals surface area contributed by atoms with Crippen LogP contribution in [0.3, 0.4) is 0 Å². The number of nitrogens with zero attached hydrogens (tertiary/aromatic N) is 1. The lowest BCUT2D eigenvalue weighted by Crippen LogP contribution is -2.45. The summed E-state index contributed by atoms with van der Waals surface area (Å²) in [6.45, 7) is 1.32. The van der Waals surface area contributed by atoms with Crippen LogP contribution in [0.4, 0.5) is 0 Å². The van der Waals surface area contributed by atoms with Crippen LogP contribution in [0, 0.1) is 5.41 Å². The Kier molecular flexibility index (Phi) is 4.72. The van der Waals surface area contributed by atoms with Gasteiger partial charge in [0.15, 0.2) is 0 Å². The van der Waals surface area contributed by atoms with Crippen LogP contribution in [0.2, 0.25) is 0 Å². The van der Waals surface area contributed by atoms with E-state index in [2.05, 4.69) is 27.9 Å². The molecule has 0 heterocycles. The van der Waals surface area contributed by atoms with Crippen molar-refractivity contribution in [3.05, 3.63) is 0 Å². The summed E-state index contributed by atoms with van der Waals surface area (Å²) in [5.41, 5.74) is 0.626. The molecule has 0 aromatic carbocycles. The van der Waals surface area contributed by atoms with Crippen molar-refractivity contribution in [1.29, 1.82) is 0 Å². The molecule has 2 saturated carbocycles. The van der Waals surface area contributed by atoms with E-state index in [0.717, 1.165) is 6.04 Å². The normalized spacial score (nSPS) is 26.4. The van der Waals surface area contributed by atoms with Crippen molar-refractivity contribution >= 4 is 15.9 Å². The van der Waals surface area contributed by atoms with Crippen molar-refractivity contribution in [3.8, 4) is 0 Å². The zero-order valence-corrected chi connectivity index (χ0v) is 12.3. The number of halogens is 1. The molecule has 0 bridgehead atoms. The van der Waals surface area contributed by atoms with Gasteiger partial charge in [0.2, 0.25) is 0 Å². The van der Waals surface area contributed by atoms with Crippen molar-refractivity contribution in [3.63, 3.8) is 0 Å². The van der Waals surface area contributed by atoms with Crippen LogP contribution >= 0.6 is 15.9 Å². The van der Waals surface area contributed by atoms with Crippen molar-refractivity contribution in [2.75, 3.05) is 18.9 Å². The Labute approximate surface area is 109 Å². The largest absolute Gasteiger partial charge is 0.303 e. The Morgan fingerprint density at radius 2 is 1.69 bits per heavy atom. The standard InChI is InChI=1S/C14H26BrN/c1-16(12-14(11-15)9-6-10-14)13-7-4-2-3-5-8-13/h13H,2-12H2,1H3. The lowest BCUT2D eigenvalue weighted by atomic mass is 9.70. The molecule has 2 rings (SSSR count). The van der Waals surface area contributed by atoms with E-state index in [0.29, 0.717) is 5.41 Å². The van der Waals surface area contributed by atoms with Crippen LogP contribution in [0.25, 0.3) is 0 Å². The SMILES string of the molecule is CN(CC1(CBr)CCC1)C1CCCCCC1. The van der Waals surface area contributed by atoms with Gasteiger partial charge in [0.05, 0.1) is 0 Å². The maximum atomic E-state index is 3.72. The van der Waals surface area contributed by atoms with Gasteiger partial charge in [-0.3, -0.25) is 0 Å². The van der Waals surface area contributed by atoms with Gasteiger partial charge in [0.1, 0.15) is 0 Å². The monoisotopic (exact) mass is 287 g/mol. The molecule has 0 unspecified atom stereocenters. The van der Waals surface area contributed by atoms with E-state index in [1.165, 1.54) is 69.7 Å². The molecule has 0 aromatic heterocycles. The van der Waals surface area contributed by atoms with Crippen LogP contribution < -0.4 is 0 Å². The Morgan fingerprint density at radius 3 is 2.12 bits per heavy atom. The van der Waals surface area contributed by atoms with Crippen LogP contribution in [0.5, 0.6) is 0 Å². The van der Waals surface area contributed by atoms with Gasteiger partial charge in [-0.1, -0.05) is 48.0 Å². The number of rotatable bonds is 4. The Balaban J connectivity index is 1.83. The summed E-state index contributed by atoms with van der Waals surface area (Å²) in [6, 6.07) is 0.874. The first-order chi connectivity index (χ1) is 7.76. The maximum Gasteiger partial charge on any atom is 0.0100 e. The van der Waals surface area contributed by atoms with Crippen LogP contribution in [0.1, 0.15) is 57.8 Å². The molecule has 0 spiro atoms. The van der Waals surface area contributed by atoms with Crippen molar-refractivity contribution in [2.45, 2.75) is 63.8 Å². The summed E-state index contributed by atoms with van der Waals surface area (Å²) in [7, 11) is 2.36. The summed E-state index contributed by atoms with van der Waals surface area (Å²) >= 11 is 3.72. The third kappa shape index (κ3) is 3.01. The fraction of sp³-hybridized carbons (Fsp3) is 1.00. The van der Waals surface area contributed by atoms with Gasteiger partial charge >= 0.3 is 0 Å². The van der Waals surface area contributed by atoms with Gasteiger partial charge < -0.3 is 4.90 Å². The minimum absolute atomic E-state index is 0.626. The maximum absolute atomic E-state index is 3.72. The molecule has 2 aliphatic carbocycles. The Bertz CT molecular complexity index is 199. The van der Waals surface area contributed by atoms with Crippen LogP contribution in [0.15, 0.2) is 0 Å². The predicted molar refractivity (Wildman–Crippen MR) is 74.2 cm³/mol. The molecule has 1 nitrogen and oxygen atoms in total. The van der Waals surface area contributed by atoms with Crippen LogP contribution in [-0.4, -0.2) is 29.9 Å². The lowest BCUT2D eigenvalue weighted by Gasteiger charge is -2.45. The molecule has 0 aliphatic heterocycles. The highest BCUT2D eigenvalue weighted by Gasteiger charge is 2.37. The molecule has 2 heteroatoms. The first kappa shape index (κ1) is 12.9. The number of alkyl halides is 1. The summed E-state index contributed by atoms with van der Waals surface area (Å²) in [6.07, 6.45) is 13.0. The second-order valence-corrected chi connectivity index (χ2v) is 6.61. The summed E-state index contributed by atoms with van der Waals surface area (Å²) < 4.78 is 0. The highest BCUT2D eigenvalue weighted by molar-refractivity contribution is 9.09. The van der Waals surface area contributed by atoms with E-state index >= 15 is 0 Å². The summed E-state index contributed by atoms with van der Waals surface area (Å²) in [4.78, 5) is 2.67. The second kappa shape index (κ2) is 5.86. The van der Waals surface area contributed by atoms with Gasteiger partial charge in [-0.15, -0.1) is 0 Å². The number of hydrogen-bond donors (Lipinski definition) is 0. The molecule has 94 valence electrons. The van der Waals surface area contributed by atoms with Gasteiger partial charge in [0.25, 0.3) is 0 Å². The fourth-order valence-corrected chi connectivity index (χ4v) is 4.11. The third-order valence-electron chi connectivity index (χ3n) is 4.73. The summed E-state index contributed by atoms with van der Waals surface area (Å²) in [5, 5.41) is 1.21. The molecular formula is C14H26BrN. The second-order valence-electron chi connectivity index (χ2n) is 6.05.